The summed E-state index contributed by atoms with van der Waals surface area (Å²) in [6, 6.07) is 0. The van der Waals surface area contributed by atoms with Crippen LogP contribution in [0.4, 0.5) is 0 Å². The Hall–Kier alpha value is -1.58. The molecule has 4 nitrogen and oxygen atoms in total. The second-order valence-electron chi connectivity index (χ2n) is 1.59. The van der Waals surface area contributed by atoms with Gasteiger partial charge in [0, 0.05) is 0 Å². The van der Waals surface area contributed by atoms with E-state index in [9.17, 15) is 4.79 Å². The fraction of sp³-hybridized carbons (Fsp3) is 0. The van der Waals surface area contributed by atoms with Crippen LogP contribution in [0.2, 0.25) is 0 Å². The van der Waals surface area contributed by atoms with E-state index in [-0.39, 0.29) is 5.57 Å². The Labute approximate surface area is 57.1 Å². The van der Waals surface area contributed by atoms with E-state index < -0.39 is 5.97 Å². The summed E-state index contributed by atoms with van der Waals surface area (Å²) in [7, 11) is 0. The van der Waals surface area contributed by atoms with Gasteiger partial charge in [-0.15, -0.1) is 0 Å². The highest BCUT2D eigenvalue weighted by Gasteiger charge is 2.02. The molecule has 1 heterocycles. The van der Waals surface area contributed by atoms with E-state index in [2.05, 4.69) is 9.99 Å². The minimum Gasteiger partial charge on any atom is -0.478 e. The summed E-state index contributed by atoms with van der Waals surface area (Å²) in [4.78, 5) is 14.7. The van der Waals surface area contributed by atoms with Crippen molar-refractivity contribution in [1.29, 1.82) is 0 Å². The predicted octanol–water partition coefficient (Wildman–Crippen LogP) is 0.527. The van der Waals surface area contributed by atoms with Crippen molar-refractivity contribution in [1.82, 2.24) is 0 Å². The molecule has 1 aliphatic heterocycles. The Kier molecular flexibility index (Phi) is 1.84. The van der Waals surface area contributed by atoms with E-state index >= 15 is 0 Å². The zero-order chi connectivity index (χ0) is 7.40. The molecular weight excluding hydrogens is 134 g/mol. The van der Waals surface area contributed by atoms with Gasteiger partial charge in [0.2, 0.25) is 0 Å². The molecule has 1 rings (SSSR count). The Morgan fingerprint density at radius 2 is 2.50 bits per heavy atom. The molecule has 0 amide bonds. The van der Waals surface area contributed by atoms with Crippen LogP contribution in [0, 0.1) is 0 Å². The smallest absolute Gasteiger partial charge is 0.335 e. The molecule has 0 saturated heterocycles. The van der Waals surface area contributed by atoms with Crippen molar-refractivity contribution in [3.63, 3.8) is 0 Å². The van der Waals surface area contributed by atoms with E-state index in [1.54, 1.807) is 0 Å². The SMILES string of the molecule is O=C(O)C1=CC=NOC=C1. The van der Waals surface area contributed by atoms with Crippen molar-refractivity contribution in [2.75, 3.05) is 0 Å². The third-order valence-corrected chi connectivity index (χ3v) is 0.931. The van der Waals surface area contributed by atoms with Gasteiger partial charge < -0.3 is 9.94 Å². The zero-order valence-electron chi connectivity index (χ0n) is 5.02. The molecule has 0 spiro atoms. The first-order valence-corrected chi connectivity index (χ1v) is 2.60. The summed E-state index contributed by atoms with van der Waals surface area (Å²) in [5.74, 6) is -0.992. The molecule has 4 heteroatoms. The second-order valence-corrected chi connectivity index (χ2v) is 1.59. The molecule has 10 heavy (non-hydrogen) atoms. The summed E-state index contributed by atoms with van der Waals surface area (Å²) in [6.07, 6.45) is 5.17. The monoisotopic (exact) mass is 139 g/mol. The molecule has 1 N–H and O–H groups in total. The van der Waals surface area contributed by atoms with Crippen molar-refractivity contribution in [3.8, 4) is 0 Å². The first-order chi connectivity index (χ1) is 4.80. The molecule has 0 atom stereocenters. The fourth-order valence-corrected chi connectivity index (χ4v) is 0.483. The van der Waals surface area contributed by atoms with Crippen LogP contribution in [-0.2, 0) is 9.63 Å². The Morgan fingerprint density at radius 1 is 1.70 bits per heavy atom. The van der Waals surface area contributed by atoms with Crippen molar-refractivity contribution in [2.45, 2.75) is 0 Å². The lowest BCUT2D eigenvalue weighted by molar-refractivity contribution is -0.132. The lowest BCUT2D eigenvalue weighted by atomic mass is 10.2. The van der Waals surface area contributed by atoms with Crippen LogP contribution in [0.3, 0.4) is 0 Å². The van der Waals surface area contributed by atoms with Crippen LogP contribution in [0.5, 0.6) is 0 Å². The maximum absolute atomic E-state index is 10.3. The highest BCUT2D eigenvalue weighted by molar-refractivity contribution is 5.94. The lowest BCUT2D eigenvalue weighted by Crippen LogP contribution is -1.96. The van der Waals surface area contributed by atoms with Gasteiger partial charge in [-0.3, -0.25) is 0 Å². The Bertz CT molecular complexity index is 227. The van der Waals surface area contributed by atoms with Gasteiger partial charge in [-0.05, 0) is 12.2 Å². The predicted molar refractivity (Wildman–Crippen MR) is 34.4 cm³/mol. The fourth-order valence-electron chi connectivity index (χ4n) is 0.483. The van der Waals surface area contributed by atoms with Crippen LogP contribution >= 0.6 is 0 Å². The molecule has 0 unspecified atom stereocenters. The molecule has 0 fully saturated rings. The van der Waals surface area contributed by atoms with E-state index in [0.29, 0.717) is 0 Å². The van der Waals surface area contributed by atoms with E-state index in [0.717, 1.165) is 0 Å². The largest absolute Gasteiger partial charge is 0.478 e. The van der Waals surface area contributed by atoms with E-state index in [1.807, 2.05) is 0 Å². The molecule has 52 valence electrons. The number of allylic oxidation sites excluding steroid dienone is 1. The maximum atomic E-state index is 10.3. The molecule has 0 bridgehead atoms. The van der Waals surface area contributed by atoms with Crippen molar-refractivity contribution in [3.05, 3.63) is 24.0 Å². The first kappa shape index (κ1) is 6.54. The van der Waals surface area contributed by atoms with Gasteiger partial charge in [-0.25, -0.2) is 4.79 Å². The number of oxime groups is 1. The number of carbonyl (C=O) groups is 1. The highest BCUT2D eigenvalue weighted by atomic mass is 16.6. The van der Waals surface area contributed by atoms with E-state index in [1.165, 1.54) is 24.6 Å². The molecule has 0 aliphatic carbocycles. The summed E-state index contributed by atoms with van der Waals surface area (Å²) >= 11 is 0. The molecule has 0 radical (unpaired) electrons. The third kappa shape index (κ3) is 1.45. The number of nitrogens with zero attached hydrogens (tertiary/aromatic N) is 1. The maximum Gasteiger partial charge on any atom is 0.335 e. The number of hydrogen-bond acceptors (Lipinski definition) is 3. The third-order valence-electron chi connectivity index (χ3n) is 0.931. The average Bonchev–Trinajstić information content (AvgIpc) is 2.12. The number of rotatable bonds is 1. The molecule has 0 aromatic heterocycles. The summed E-state index contributed by atoms with van der Waals surface area (Å²) in [6.45, 7) is 0. The van der Waals surface area contributed by atoms with Crippen molar-refractivity contribution < 1.29 is 14.7 Å². The lowest BCUT2D eigenvalue weighted by Gasteiger charge is -1.86. The number of carboxylic acids is 1. The van der Waals surface area contributed by atoms with Gasteiger partial charge in [0.1, 0.15) is 6.26 Å². The van der Waals surface area contributed by atoms with Crippen LogP contribution in [0.1, 0.15) is 0 Å². The van der Waals surface area contributed by atoms with Crippen LogP contribution in [0.15, 0.2) is 29.1 Å². The molecule has 0 aromatic carbocycles. The van der Waals surface area contributed by atoms with Gasteiger partial charge in [0.05, 0.1) is 11.8 Å². The molecular formula is C6H5NO3. The van der Waals surface area contributed by atoms with Gasteiger partial charge in [0.25, 0.3) is 0 Å². The molecule has 1 aliphatic rings. The zero-order valence-corrected chi connectivity index (χ0v) is 5.02. The highest BCUT2D eigenvalue weighted by Crippen LogP contribution is 1.99. The normalized spacial score (nSPS) is 15.4. The van der Waals surface area contributed by atoms with Gasteiger partial charge in [0.15, 0.2) is 0 Å². The second kappa shape index (κ2) is 2.82. The average molecular weight is 139 g/mol. The minimum absolute atomic E-state index is 0.154. The summed E-state index contributed by atoms with van der Waals surface area (Å²) in [5.41, 5.74) is 0.154. The summed E-state index contributed by atoms with van der Waals surface area (Å²) in [5, 5.41) is 11.8. The quantitative estimate of drug-likeness (QED) is 0.576. The van der Waals surface area contributed by atoms with Crippen LogP contribution in [0.25, 0.3) is 0 Å². The van der Waals surface area contributed by atoms with Crippen molar-refractivity contribution >= 4 is 12.2 Å². The van der Waals surface area contributed by atoms with Gasteiger partial charge in [-0.1, -0.05) is 5.16 Å². The number of hydrogen-bond donors (Lipinski definition) is 1. The Balaban J connectivity index is 2.83. The molecule has 0 aromatic rings. The van der Waals surface area contributed by atoms with Crippen LogP contribution in [-0.4, -0.2) is 17.3 Å². The van der Waals surface area contributed by atoms with Gasteiger partial charge >= 0.3 is 5.97 Å². The Morgan fingerprint density at radius 3 is 3.20 bits per heavy atom. The summed E-state index contributed by atoms with van der Waals surface area (Å²) < 4.78 is 0. The topological polar surface area (TPSA) is 58.9 Å². The van der Waals surface area contributed by atoms with E-state index in [4.69, 9.17) is 5.11 Å². The first-order valence-electron chi connectivity index (χ1n) is 2.60. The molecule has 0 saturated carbocycles. The number of carboxylic acid groups (broad SMARTS) is 1. The van der Waals surface area contributed by atoms with Gasteiger partial charge in [-0.2, -0.15) is 0 Å². The standard InChI is InChI=1S/C6H5NO3/c8-6(9)5-1-3-7-10-4-2-5/h1-4H,(H,8,9). The van der Waals surface area contributed by atoms with Crippen molar-refractivity contribution in [2.24, 2.45) is 5.16 Å². The number of aliphatic carboxylic acids is 1. The van der Waals surface area contributed by atoms with Crippen LogP contribution < -0.4 is 0 Å². The minimum atomic E-state index is -0.992.